The van der Waals surface area contributed by atoms with Gasteiger partial charge in [-0.1, -0.05) is 107 Å². The van der Waals surface area contributed by atoms with Crippen LogP contribution in [0, 0.1) is 23.0 Å². The van der Waals surface area contributed by atoms with Crippen molar-refractivity contribution in [3.05, 3.63) is 193 Å². The van der Waals surface area contributed by atoms with Gasteiger partial charge in [0.25, 0.3) is 0 Å². The van der Waals surface area contributed by atoms with Gasteiger partial charge in [0.1, 0.15) is 0 Å². The number of carbonyl (C=O) groups is 1. The molecule has 0 saturated heterocycles. The van der Waals surface area contributed by atoms with Crippen molar-refractivity contribution >= 4 is 27.3 Å². The molecule has 1 N–H and O–H groups in total. The Kier molecular flexibility index (Phi) is 16.4. The third-order valence-electron chi connectivity index (χ3n) is 14.0. The predicted molar refractivity (Wildman–Crippen MR) is 280 cm³/mol. The first-order valence-electron chi connectivity index (χ1n) is 24.1. The smallest absolute Gasteiger partial charge is 0.155 e. The number of nitrogens with zero attached hydrogens (tertiary/aromatic N) is 2. The van der Waals surface area contributed by atoms with Crippen LogP contribution in [0.5, 0.6) is 0 Å². The number of hydrogen-bond donors (Lipinski definition) is 1. The van der Waals surface area contributed by atoms with E-state index in [-0.39, 0.29) is 31.6 Å². The molecule has 2 fully saturated rings. The number of hydrogen-bond acceptors (Lipinski definition) is 4. The molecule has 68 heavy (non-hydrogen) atoms. The van der Waals surface area contributed by atoms with Gasteiger partial charge in [-0.15, -0.1) is 71.8 Å². The molecule has 5 heteroatoms. The molecule has 0 aliphatic heterocycles. The first-order valence-corrected chi connectivity index (χ1v) is 24.1. The van der Waals surface area contributed by atoms with Crippen LogP contribution in [0.4, 0.5) is 0 Å². The summed E-state index contributed by atoms with van der Waals surface area (Å²) in [6.07, 6.45) is 15.5. The number of pyridine rings is 2. The van der Waals surface area contributed by atoms with Crippen molar-refractivity contribution in [3.8, 4) is 44.8 Å². The van der Waals surface area contributed by atoms with Crippen LogP contribution in [0.15, 0.2) is 170 Å². The summed E-state index contributed by atoms with van der Waals surface area (Å²) in [6.45, 7) is 12.5. The maximum absolute atomic E-state index is 10.0. The minimum absolute atomic E-state index is 0. The first kappa shape index (κ1) is 49.9. The number of aliphatic hydroxyl groups excluding tert-OH is 1. The van der Waals surface area contributed by atoms with Gasteiger partial charge in [-0.2, -0.15) is 0 Å². The van der Waals surface area contributed by atoms with Crippen LogP contribution in [0.1, 0.15) is 116 Å². The Bertz CT molecular complexity index is 2930. The maximum Gasteiger partial charge on any atom is 0.155 e. The second kappa shape index (κ2) is 22.4. The number of allylic oxidation sites excluding steroid dienone is 2. The van der Waals surface area contributed by atoms with E-state index < -0.39 is 0 Å². The number of ketones is 1. The Morgan fingerprint density at radius 2 is 0.985 bits per heavy atom. The van der Waals surface area contributed by atoms with Gasteiger partial charge >= 0.3 is 0 Å². The van der Waals surface area contributed by atoms with E-state index in [1.807, 2.05) is 48.8 Å². The van der Waals surface area contributed by atoms with Gasteiger partial charge in [0, 0.05) is 38.6 Å². The molecule has 2 aliphatic rings. The van der Waals surface area contributed by atoms with Crippen LogP contribution < -0.4 is 0 Å². The predicted octanol–water partition coefficient (Wildman–Crippen LogP) is 17.1. The van der Waals surface area contributed by atoms with Crippen molar-refractivity contribution in [3.63, 3.8) is 0 Å². The zero-order chi connectivity index (χ0) is 47.0. The number of fused-ring (bicyclic) bond motifs is 2. The number of rotatable bonds is 7. The number of aliphatic hydroxyl groups is 1. The number of aromatic nitrogens is 2. The Morgan fingerprint density at radius 3 is 1.43 bits per heavy atom. The summed E-state index contributed by atoms with van der Waals surface area (Å²) in [6, 6.07) is 58.9. The van der Waals surface area contributed by atoms with Crippen molar-refractivity contribution in [2.45, 2.75) is 105 Å². The third-order valence-corrected chi connectivity index (χ3v) is 14.0. The fraction of sp³-hybridized carbons (Fsp3) is 0.286. The van der Waals surface area contributed by atoms with Crippen molar-refractivity contribution in [1.82, 2.24) is 9.97 Å². The fourth-order valence-corrected chi connectivity index (χ4v) is 9.87. The van der Waals surface area contributed by atoms with Gasteiger partial charge in [0.2, 0.25) is 0 Å². The van der Waals surface area contributed by atoms with Crippen LogP contribution in [-0.4, -0.2) is 20.9 Å². The van der Waals surface area contributed by atoms with E-state index in [1.54, 1.807) is 0 Å². The van der Waals surface area contributed by atoms with Crippen molar-refractivity contribution in [2.24, 2.45) is 10.8 Å². The van der Waals surface area contributed by atoms with E-state index in [2.05, 4.69) is 159 Å². The third kappa shape index (κ3) is 12.7. The molecule has 0 amide bonds. The maximum atomic E-state index is 10.0. The zero-order valence-corrected chi connectivity index (χ0v) is 42.9. The molecule has 1 radical (unpaired) electrons. The second-order valence-electron chi connectivity index (χ2n) is 20.3. The molecule has 10 rings (SSSR count). The summed E-state index contributed by atoms with van der Waals surface area (Å²) in [5, 5.41) is 13.1. The molecular weight excluding hydrogens is 1010 g/mol. The minimum atomic E-state index is -0.125. The van der Waals surface area contributed by atoms with E-state index in [0.717, 1.165) is 28.4 Å². The summed E-state index contributed by atoms with van der Waals surface area (Å²) in [5.41, 5.74) is 13.1. The van der Waals surface area contributed by atoms with E-state index in [1.165, 1.54) is 126 Å². The normalized spacial score (nSPS) is 15.8. The van der Waals surface area contributed by atoms with Gasteiger partial charge in [0.05, 0.1) is 5.76 Å². The van der Waals surface area contributed by atoms with Crippen LogP contribution in [0.2, 0.25) is 0 Å². The topological polar surface area (TPSA) is 63.1 Å². The van der Waals surface area contributed by atoms with Crippen molar-refractivity contribution in [2.75, 3.05) is 0 Å². The molecule has 0 unspecified atom stereocenters. The summed E-state index contributed by atoms with van der Waals surface area (Å²) < 4.78 is 0. The Hall–Kier alpha value is -6.00. The SMILES string of the molecule is CC(=O)/C=C(/C)O.CC1(C)CCC(c2ccc(-c3ccc4c(-c5[c-]cccc5)nccc4c3)cc2)CC1.CC1(C)CCC(c2ccc(-c3ccc4ccnc(-c5[c-]cccc5)c4c3)cc2)CC1.[Ir]. The standard InChI is InChI=1S/2C29H28N.C5H8O2.Ir/c1-29(2)17-14-23(15-18-29)21-8-10-22(11-9-21)26-13-12-24-16-19-30-28(27(24)20-26)25-6-4-3-5-7-25;1-29(2)17-14-23(15-18-29)21-8-10-22(11-9-21)25-12-13-27-26(20-25)16-19-30-28(27)24-6-4-3-5-7-24;1-4(6)3-5(2)7;/h2*3-6,8-13,16,19-20,23H,14-15,17-18H2,1-2H3;3,6H,1-2H3;/q2*-1;;/b;;4-3-;. The molecule has 2 heterocycles. The molecule has 349 valence electrons. The Labute approximate surface area is 418 Å². The van der Waals surface area contributed by atoms with E-state index >= 15 is 0 Å². The number of carbonyl (C=O) groups excluding carboxylic acids is 1. The van der Waals surface area contributed by atoms with Gasteiger partial charge in [-0.3, -0.25) is 4.79 Å². The average Bonchev–Trinajstić information content (AvgIpc) is 3.34. The molecule has 6 aromatic carbocycles. The molecule has 2 aromatic heterocycles. The van der Waals surface area contributed by atoms with Gasteiger partial charge in [-0.05, 0) is 172 Å². The van der Waals surface area contributed by atoms with Gasteiger partial charge in [0.15, 0.2) is 5.78 Å². The van der Waals surface area contributed by atoms with Gasteiger partial charge < -0.3 is 15.1 Å². The fourth-order valence-electron chi connectivity index (χ4n) is 9.87. The molecule has 2 saturated carbocycles. The zero-order valence-electron chi connectivity index (χ0n) is 40.5. The first-order chi connectivity index (χ1) is 32.3. The molecule has 0 bridgehead atoms. The molecular formula is C63H64IrN2O2-2. The summed E-state index contributed by atoms with van der Waals surface area (Å²) in [5.74, 6) is 1.38. The van der Waals surface area contributed by atoms with E-state index in [0.29, 0.717) is 16.7 Å². The summed E-state index contributed by atoms with van der Waals surface area (Å²) in [4.78, 5) is 19.3. The largest absolute Gasteiger partial charge is 0.512 e. The molecule has 0 spiro atoms. The summed E-state index contributed by atoms with van der Waals surface area (Å²) in [7, 11) is 0. The Balaban J connectivity index is 0.000000175. The monoisotopic (exact) mass is 1070 g/mol. The number of benzene rings is 6. The van der Waals surface area contributed by atoms with Crippen LogP contribution >= 0.6 is 0 Å². The quantitative estimate of drug-likeness (QED) is 0.0981. The Morgan fingerprint density at radius 1 is 0.544 bits per heavy atom. The molecule has 8 aromatic rings. The molecule has 4 nitrogen and oxygen atoms in total. The minimum Gasteiger partial charge on any atom is -0.512 e. The molecule has 0 atom stereocenters. The molecule has 2 aliphatic carbocycles. The van der Waals surface area contributed by atoms with Crippen LogP contribution in [-0.2, 0) is 24.9 Å². The van der Waals surface area contributed by atoms with Gasteiger partial charge in [-0.25, -0.2) is 0 Å². The average molecular weight is 1070 g/mol. The van der Waals surface area contributed by atoms with E-state index in [4.69, 9.17) is 5.11 Å². The van der Waals surface area contributed by atoms with Crippen LogP contribution in [0.25, 0.3) is 66.3 Å². The van der Waals surface area contributed by atoms with E-state index in [9.17, 15) is 4.79 Å². The van der Waals surface area contributed by atoms with Crippen molar-refractivity contribution < 1.29 is 30.0 Å². The van der Waals surface area contributed by atoms with Crippen LogP contribution in [0.3, 0.4) is 0 Å². The summed E-state index contributed by atoms with van der Waals surface area (Å²) >= 11 is 0. The second-order valence-corrected chi connectivity index (χ2v) is 20.3. The van der Waals surface area contributed by atoms with Crippen molar-refractivity contribution in [1.29, 1.82) is 0 Å².